The van der Waals surface area contributed by atoms with Crippen molar-refractivity contribution in [2.75, 3.05) is 25.6 Å². The van der Waals surface area contributed by atoms with E-state index in [1.807, 2.05) is 56.2 Å². The van der Waals surface area contributed by atoms with Gasteiger partial charge in [0.05, 0.1) is 18.8 Å². The molecule has 1 unspecified atom stereocenters. The number of aryl methyl sites for hydroxylation is 2. The maximum atomic E-state index is 5.97. The fourth-order valence-electron chi connectivity index (χ4n) is 2.44. The van der Waals surface area contributed by atoms with E-state index in [1.54, 1.807) is 7.11 Å². The number of rotatable bonds is 5. The van der Waals surface area contributed by atoms with Gasteiger partial charge in [-0.15, -0.1) is 0 Å². The second-order valence-electron chi connectivity index (χ2n) is 4.90. The van der Waals surface area contributed by atoms with E-state index in [2.05, 4.69) is 10.00 Å². The lowest BCUT2D eigenvalue weighted by Gasteiger charge is -2.29. The average molecular weight is 274 g/mol. The summed E-state index contributed by atoms with van der Waals surface area (Å²) in [6, 6.07) is 8.09. The summed E-state index contributed by atoms with van der Waals surface area (Å²) in [4.78, 5) is 2.17. The number of methoxy groups -OCH3 is 1. The minimum Gasteiger partial charge on any atom is -0.497 e. The summed E-state index contributed by atoms with van der Waals surface area (Å²) in [5.41, 5.74) is 9.25. The molecule has 0 aliphatic carbocycles. The van der Waals surface area contributed by atoms with Crippen molar-refractivity contribution >= 4 is 5.69 Å². The predicted octanol–water partition coefficient (Wildman–Crippen LogP) is 1.87. The van der Waals surface area contributed by atoms with Crippen LogP contribution < -0.4 is 15.4 Å². The van der Waals surface area contributed by atoms with E-state index in [0.29, 0.717) is 6.54 Å². The Kier molecular flexibility index (Phi) is 4.29. The van der Waals surface area contributed by atoms with E-state index in [9.17, 15) is 0 Å². The number of hydrogen-bond donors (Lipinski definition) is 1. The van der Waals surface area contributed by atoms with Gasteiger partial charge in [-0.1, -0.05) is 0 Å². The zero-order valence-corrected chi connectivity index (χ0v) is 12.5. The Morgan fingerprint density at radius 2 is 2.00 bits per heavy atom. The zero-order chi connectivity index (χ0) is 14.7. The van der Waals surface area contributed by atoms with Crippen LogP contribution in [0, 0.1) is 6.92 Å². The first-order valence-electron chi connectivity index (χ1n) is 6.64. The number of likely N-dealkylation sites (N-methyl/N-ethyl adjacent to an activating group) is 1. The highest BCUT2D eigenvalue weighted by molar-refractivity contribution is 5.50. The fraction of sp³-hybridized carbons (Fsp3) is 0.400. The van der Waals surface area contributed by atoms with Crippen molar-refractivity contribution in [1.29, 1.82) is 0 Å². The number of ether oxygens (including phenoxy) is 1. The van der Waals surface area contributed by atoms with Crippen molar-refractivity contribution in [2.24, 2.45) is 12.8 Å². The number of anilines is 1. The molecule has 108 valence electrons. The van der Waals surface area contributed by atoms with Crippen molar-refractivity contribution in [3.05, 3.63) is 41.7 Å². The lowest BCUT2D eigenvalue weighted by atomic mass is 10.1. The first-order valence-corrected chi connectivity index (χ1v) is 6.64. The topological polar surface area (TPSA) is 56.3 Å². The molecule has 0 saturated heterocycles. The Hall–Kier alpha value is -2.01. The van der Waals surface area contributed by atoms with Crippen LogP contribution in [0.5, 0.6) is 5.75 Å². The molecule has 5 heteroatoms. The molecule has 5 nitrogen and oxygen atoms in total. The highest BCUT2D eigenvalue weighted by Crippen LogP contribution is 2.27. The monoisotopic (exact) mass is 274 g/mol. The summed E-state index contributed by atoms with van der Waals surface area (Å²) in [5, 5.41) is 4.40. The fourth-order valence-corrected chi connectivity index (χ4v) is 2.44. The van der Waals surface area contributed by atoms with Crippen molar-refractivity contribution in [1.82, 2.24) is 9.78 Å². The van der Waals surface area contributed by atoms with E-state index in [4.69, 9.17) is 10.5 Å². The molecule has 1 aromatic carbocycles. The van der Waals surface area contributed by atoms with Gasteiger partial charge in [-0.2, -0.15) is 5.10 Å². The molecule has 0 bridgehead atoms. The van der Waals surface area contributed by atoms with Gasteiger partial charge in [0.1, 0.15) is 5.75 Å². The molecule has 0 radical (unpaired) electrons. The molecule has 1 atom stereocenters. The van der Waals surface area contributed by atoms with E-state index in [1.165, 1.54) is 0 Å². The molecule has 1 aromatic heterocycles. The van der Waals surface area contributed by atoms with Crippen molar-refractivity contribution < 1.29 is 4.74 Å². The van der Waals surface area contributed by atoms with Crippen LogP contribution in [0.15, 0.2) is 30.5 Å². The van der Waals surface area contributed by atoms with Crippen LogP contribution in [0.4, 0.5) is 5.69 Å². The normalized spacial score (nSPS) is 12.2. The first kappa shape index (κ1) is 14.4. The second-order valence-corrected chi connectivity index (χ2v) is 4.90. The quantitative estimate of drug-likeness (QED) is 0.904. The third kappa shape index (κ3) is 2.77. The van der Waals surface area contributed by atoms with Crippen molar-refractivity contribution in [3.8, 4) is 5.75 Å². The van der Waals surface area contributed by atoms with Crippen LogP contribution in [-0.4, -0.2) is 30.5 Å². The van der Waals surface area contributed by atoms with E-state index in [0.717, 1.165) is 22.7 Å². The van der Waals surface area contributed by atoms with Gasteiger partial charge < -0.3 is 15.4 Å². The molecule has 20 heavy (non-hydrogen) atoms. The highest BCUT2D eigenvalue weighted by atomic mass is 16.5. The van der Waals surface area contributed by atoms with E-state index < -0.39 is 0 Å². The second kappa shape index (κ2) is 5.96. The standard InChI is InChI=1S/C15H22N4O/c1-11-14(10-18(2)17-11)15(9-16)19(3)12-5-7-13(20-4)8-6-12/h5-8,10,15H,9,16H2,1-4H3. The smallest absolute Gasteiger partial charge is 0.119 e. The Morgan fingerprint density at radius 3 is 2.45 bits per heavy atom. The van der Waals surface area contributed by atoms with Gasteiger partial charge in [0.15, 0.2) is 0 Å². The van der Waals surface area contributed by atoms with Crippen molar-refractivity contribution in [2.45, 2.75) is 13.0 Å². The maximum Gasteiger partial charge on any atom is 0.119 e. The number of hydrogen-bond acceptors (Lipinski definition) is 4. The first-order chi connectivity index (χ1) is 9.56. The summed E-state index contributed by atoms with van der Waals surface area (Å²) in [6.07, 6.45) is 2.03. The molecule has 0 aliphatic rings. The van der Waals surface area contributed by atoms with Crippen LogP contribution in [0.25, 0.3) is 0 Å². The van der Waals surface area contributed by atoms with Gasteiger partial charge in [-0.3, -0.25) is 4.68 Å². The Balaban J connectivity index is 2.28. The Bertz CT molecular complexity index is 562. The summed E-state index contributed by atoms with van der Waals surface area (Å²) < 4.78 is 7.01. The summed E-state index contributed by atoms with van der Waals surface area (Å²) >= 11 is 0. The third-order valence-corrected chi connectivity index (χ3v) is 3.58. The number of nitrogens with zero attached hydrogens (tertiary/aromatic N) is 3. The van der Waals surface area contributed by atoms with Crippen molar-refractivity contribution in [3.63, 3.8) is 0 Å². The summed E-state index contributed by atoms with van der Waals surface area (Å²) in [5.74, 6) is 0.851. The molecule has 2 rings (SSSR count). The molecule has 2 aromatic rings. The number of aromatic nitrogens is 2. The van der Waals surface area contributed by atoms with E-state index >= 15 is 0 Å². The van der Waals surface area contributed by atoms with E-state index in [-0.39, 0.29) is 6.04 Å². The molecule has 2 N–H and O–H groups in total. The number of benzene rings is 1. The van der Waals surface area contributed by atoms with Gasteiger partial charge in [-0.25, -0.2) is 0 Å². The molecule has 0 fully saturated rings. The van der Waals surface area contributed by atoms with Gasteiger partial charge in [0.2, 0.25) is 0 Å². The Labute approximate surface area is 119 Å². The SMILES string of the molecule is COc1ccc(N(C)C(CN)c2cn(C)nc2C)cc1. The molecule has 0 spiro atoms. The minimum absolute atomic E-state index is 0.108. The number of nitrogens with two attached hydrogens (primary N) is 1. The minimum atomic E-state index is 0.108. The summed E-state index contributed by atoms with van der Waals surface area (Å²) in [7, 11) is 5.64. The van der Waals surface area contributed by atoms with Crippen LogP contribution >= 0.6 is 0 Å². The van der Waals surface area contributed by atoms with Crippen LogP contribution in [0.1, 0.15) is 17.3 Å². The lowest BCUT2D eigenvalue weighted by molar-refractivity contribution is 0.415. The Morgan fingerprint density at radius 1 is 1.35 bits per heavy atom. The summed E-state index contributed by atoms with van der Waals surface area (Å²) in [6.45, 7) is 2.55. The van der Waals surface area contributed by atoms with Crippen LogP contribution in [0.3, 0.4) is 0 Å². The molecule has 0 saturated carbocycles. The average Bonchev–Trinajstić information content (AvgIpc) is 2.78. The third-order valence-electron chi connectivity index (χ3n) is 3.58. The van der Waals surface area contributed by atoms with Crippen LogP contribution in [-0.2, 0) is 7.05 Å². The highest BCUT2D eigenvalue weighted by Gasteiger charge is 2.20. The van der Waals surface area contributed by atoms with Gasteiger partial charge in [0.25, 0.3) is 0 Å². The largest absolute Gasteiger partial charge is 0.497 e. The van der Waals surface area contributed by atoms with Crippen LogP contribution in [0.2, 0.25) is 0 Å². The zero-order valence-electron chi connectivity index (χ0n) is 12.5. The molecular weight excluding hydrogens is 252 g/mol. The van der Waals surface area contributed by atoms with Gasteiger partial charge in [0, 0.05) is 38.1 Å². The van der Waals surface area contributed by atoms with Gasteiger partial charge in [-0.05, 0) is 31.2 Å². The maximum absolute atomic E-state index is 5.97. The molecule has 0 amide bonds. The lowest BCUT2D eigenvalue weighted by Crippen LogP contribution is -2.30. The molecule has 1 heterocycles. The molecular formula is C15H22N4O. The van der Waals surface area contributed by atoms with Gasteiger partial charge >= 0.3 is 0 Å². The molecule has 0 aliphatic heterocycles. The predicted molar refractivity (Wildman–Crippen MR) is 81.1 cm³/mol.